The molecule has 1 unspecified atom stereocenters. The van der Waals surface area contributed by atoms with Crippen LogP contribution in [0.15, 0.2) is 103 Å². The Balaban J connectivity index is 1.90. The summed E-state index contributed by atoms with van der Waals surface area (Å²) in [6, 6.07) is 32.1. The molecule has 0 radical (unpaired) electrons. The van der Waals surface area contributed by atoms with E-state index in [0.29, 0.717) is 5.92 Å². The van der Waals surface area contributed by atoms with Gasteiger partial charge in [-0.25, -0.2) is 0 Å². The lowest BCUT2D eigenvalue weighted by Gasteiger charge is -2.17. The zero-order valence-electron chi connectivity index (χ0n) is 12.9. The fourth-order valence-corrected chi connectivity index (χ4v) is 3.31. The van der Waals surface area contributed by atoms with Crippen LogP contribution in [0.4, 0.5) is 0 Å². The van der Waals surface area contributed by atoms with Crippen LogP contribution in [-0.2, 0) is 0 Å². The van der Waals surface area contributed by atoms with Crippen LogP contribution in [0.3, 0.4) is 0 Å². The number of hydrogen-bond acceptors (Lipinski definition) is 0. The molecule has 0 amide bonds. The van der Waals surface area contributed by atoms with E-state index in [1.165, 1.54) is 27.8 Å². The van der Waals surface area contributed by atoms with E-state index in [0.717, 1.165) is 0 Å². The molecule has 0 aromatic heterocycles. The maximum atomic E-state index is 2.32. The molecule has 3 aromatic carbocycles. The zero-order chi connectivity index (χ0) is 15.5. The molecule has 1 aliphatic rings. The molecule has 0 heteroatoms. The van der Waals surface area contributed by atoms with Crippen LogP contribution in [0.5, 0.6) is 0 Å². The van der Waals surface area contributed by atoms with Crippen LogP contribution in [0.1, 0.15) is 22.6 Å². The van der Waals surface area contributed by atoms with Gasteiger partial charge >= 0.3 is 0 Å². The lowest BCUT2D eigenvalue weighted by molar-refractivity contribution is 1.12. The lowest BCUT2D eigenvalue weighted by atomic mass is 9.86. The molecule has 110 valence electrons. The summed E-state index contributed by atoms with van der Waals surface area (Å²) in [4.78, 5) is 0. The van der Waals surface area contributed by atoms with Gasteiger partial charge in [0.25, 0.3) is 0 Å². The normalized spacial score (nSPS) is 16.8. The summed E-state index contributed by atoms with van der Waals surface area (Å²) in [5.74, 6) is 0.314. The van der Waals surface area contributed by atoms with Crippen molar-refractivity contribution in [3.8, 4) is 0 Å². The van der Waals surface area contributed by atoms with Gasteiger partial charge in [0, 0.05) is 5.92 Å². The van der Waals surface area contributed by atoms with Gasteiger partial charge in [0.2, 0.25) is 0 Å². The fourth-order valence-electron chi connectivity index (χ4n) is 3.31. The molecule has 0 heterocycles. The van der Waals surface area contributed by atoms with E-state index in [-0.39, 0.29) is 0 Å². The number of hydrogen-bond donors (Lipinski definition) is 0. The quantitative estimate of drug-likeness (QED) is 0.560. The smallest absolute Gasteiger partial charge is 0.0284 e. The van der Waals surface area contributed by atoms with Gasteiger partial charge in [-0.15, -0.1) is 0 Å². The van der Waals surface area contributed by atoms with Crippen LogP contribution in [0.2, 0.25) is 0 Å². The van der Waals surface area contributed by atoms with Crippen LogP contribution in [-0.4, -0.2) is 0 Å². The predicted octanol–water partition coefficient (Wildman–Crippen LogP) is 5.95. The van der Waals surface area contributed by atoms with Gasteiger partial charge in [-0.2, -0.15) is 0 Å². The summed E-state index contributed by atoms with van der Waals surface area (Å²) in [7, 11) is 0. The van der Waals surface area contributed by atoms with Crippen LogP contribution in [0, 0.1) is 0 Å². The molecule has 0 N–H and O–H groups in total. The van der Waals surface area contributed by atoms with Crippen LogP contribution in [0.25, 0.3) is 11.1 Å². The van der Waals surface area contributed by atoms with Crippen molar-refractivity contribution in [3.63, 3.8) is 0 Å². The Morgan fingerprint density at radius 3 is 1.65 bits per heavy atom. The van der Waals surface area contributed by atoms with Gasteiger partial charge < -0.3 is 0 Å². The predicted molar refractivity (Wildman–Crippen MR) is 98.0 cm³/mol. The van der Waals surface area contributed by atoms with Crippen molar-refractivity contribution in [2.45, 2.75) is 5.92 Å². The minimum Gasteiger partial charge on any atom is -0.0720 e. The highest BCUT2D eigenvalue weighted by Gasteiger charge is 2.23. The molecule has 3 aromatic rings. The van der Waals surface area contributed by atoms with Crippen molar-refractivity contribution in [2.75, 3.05) is 0 Å². The van der Waals surface area contributed by atoms with Crippen molar-refractivity contribution in [1.82, 2.24) is 0 Å². The third-order valence-electron chi connectivity index (χ3n) is 4.38. The highest BCUT2D eigenvalue weighted by atomic mass is 14.3. The lowest BCUT2D eigenvalue weighted by Crippen LogP contribution is -1.98. The van der Waals surface area contributed by atoms with Gasteiger partial charge in [-0.3, -0.25) is 0 Å². The third kappa shape index (κ3) is 2.64. The molecule has 0 saturated heterocycles. The number of rotatable bonds is 3. The molecule has 0 bridgehead atoms. The summed E-state index contributed by atoms with van der Waals surface area (Å²) in [5, 5.41) is 0. The maximum Gasteiger partial charge on any atom is 0.0284 e. The Labute approximate surface area is 137 Å². The first kappa shape index (κ1) is 13.8. The minimum absolute atomic E-state index is 0.314. The standard InChI is InChI=1S/C23H18/c1-4-10-18(11-5-1)21-16-17-22(19-12-6-2-7-13-19)23(21)20-14-8-3-9-15-20/h1-17,21H. The summed E-state index contributed by atoms with van der Waals surface area (Å²) in [5.41, 5.74) is 6.63. The summed E-state index contributed by atoms with van der Waals surface area (Å²) >= 11 is 0. The van der Waals surface area contributed by atoms with E-state index >= 15 is 0 Å². The van der Waals surface area contributed by atoms with E-state index in [9.17, 15) is 0 Å². The first-order valence-electron chi connectivity index (χ1n) is 8.01. The molecule has 1 aliphatic carbocycles. The van der Waals surface area contributed by atoms with Gasteiger partial charge in [-0.05, 0) is 27.8 Å². The highest BCUT2D eigenvalue weighted by molar-refractivity contribution is 6.01. The van der Waals surface area contributed by atoms with Crippen molar-refractivity contribution < 1.29 is 0 Å². The van der Waals surface area contributed by atoms with Gasteiger partial charge in [0.05, 0.1) is 0 Å². The second-order valence-corrected chi connectivity index (χ2v) is 5.81. The Morgan fingerprint density at radius 2 is 1.04 bits per heavy atom. The molecule has 0 aliphatic heterocycles. The van der Waals surface area contributed by atoms with E-state index in [4.69, 9.17) is 0 Å². The second-order valence-electron chi connectivity index (χ2n) is 5.81. The zero-order valence-corrected chi connectivity index (χ0v) is 12.9. The van der Waals surface area contributed by atoms with E-state index in [2.05, 4.69) is 103 Å². The van der Waals surface area contributed by atoms with E-state index in [1.807, 2.05) is 0 Å². The first-order valence-corrected chi connectivity index (χ1v) is 8.01. The number of benzene rings is 3. The van der Waals surface area contributed by atoms with Crippen LogP contribution >= 0.6 is 0 Å². The van der Waals surface area contributed by atoms with Crippen LogP contribution < -0.4 is 0 Å². The highest BCUT2D eigenvalue weighted by Crippen LogP contribution is 2.44. The summed E-state index contributed by atoms with van der Waals surface area (Å²) in [6.07, 6.45) is 4.59. The Kier molecular flexibility index (Phi) is 3.65. The van der Waals surface area contributed by atoms with Gasteiger partial charge in [0.1, 0.15) is 0 Å². The SMILES string of the molecule is C1=CC(c2ccccc2)C(c2ccccc2)=C1c1ccccc1. The molecule has 0 nitrogen and oxygen atoms in total. The average molecular weight is 294 g/mol. The molecular formula is C23H18. The monoisotopic (exact) mass is 294 g/mol. The first-order chi connectivity index (χ1) is 11.4. The molecule has 23 heavy (non-hydrogen) atoms. The number of allylic oxidation sites excluding steroid dienone is 4. The molecule has 0 fully saturated rings. The fraction of sp³-hybridized carbons (Fsp3) is 0.0435. The Hall–Kier alpha value is -2.86. The molecule has 0 saturated carbocycles. The van der Waals surface area contributed by atoms with Gasteiger partial charge in [0.15, 0.2) is 0 Å². The van der Waals surface area contributed by atoms with Crippen molar-refractivity contribution >= 4 is 11.1 Å². The molecular weight excluding hydrogens is 276 g/mol. The largest absolute Gasteiger partial charge is 0.0720 e. The molecule has 1 atom stereocenters. The minimum atomic E-state index is 0.314. The van der Waals surface area contributed by atoms with Crippen molar-refractivity contribution in [3.05, 3.63) is 120 Å². The summed E-state index contributed by atoms with van der Waals surface area (Å²) < 4.78 is 0. The van der Waals surface area contributed by atoms with E-state index < -0.39 is 0 Å². The third-order valence-corrected chi connectivity index (χ3v) is 4.38. The van der Waals surface area contributed by atoms with Crippen molar-refractivity contribution in [1.29, 1.82) is 0 Å². The Morgan fingerprint density at radius 1 is 0.522 bits per heavy atom. The Bertz CT molecular complexity index is 840. The maximum absolute atomic E-state index is 2.32. The second kappa shape index (κ2) is 6.10. The van der Waals surface area contributed by atoms with E-state index in [1.54, 1.807) is 0 Å². The molecule has 4 rings (SSSR count). The molecule has 0 spiro atoms. The topological polar surface area (TPSA) is 0 Å². The van der Waals surface area contributed by atoms with Crippen molar-refractivity contribution in [2.24, 2.45) is 0 Å². The summed E-state index contributed by atoms with van der Waals surface area (Å²) in [6.45, 7) is 0. The van der Waals surface area contributed by atoms with Gasteiger partial charge in [-0.1, -0.05) is 103 Å². The average Bonchev–Trinajstić information content (AvgIpc) is 3.09.